The van der Waals surface area contributed by atoms with Crippen LogP contribution in [0, 0.1) is 11.8 Å². The van der Waals surface area contributed by atoms with E-state index in [1.165, 1.54) is 6.07 Å². The number of carbonyl (C=O) groups is 3. The van der Waals surface area contributed by atoms with Crippen LogP contribution in [-0.2, 0) is 20.7 Å². The fraction of sp³-hybridized carbons (Fsp3) is 0.382. The third kappa shape index (κ3) is 9.58. The predicted molar refractivity (Wildman–Crippen MR) is 176 cm³/mol. The van der Waals surface area contributed by atoms with Gasteiger partial charge in [0.15, 0.2) is 0 Å². The number of pyridine rings is 1. The van der Waals surface area contributed by atoms with Gasteiger partial charge < -0.3 is 25.7 Å². The molecule has 2 aromatic heterocycles. The molecule has 5 rings (SSSR count). The van der Waals surface area contributed by atoms with E-state index >= 15 is 0 Å². The summed E-state index contributed by atoms with van der Waals surface area (Å²) >= 11 is 0. The molecule has 2 aromatic carbocycles. The summed E-state index contributed by atoms with van der Waals surface area (Å²) in [6.07, 6.45) is 4.37. The van der Waals surface area contributed by atoms with E-state index in [4.69, 9.17) is 4.74 Å². The first-order valence-corrected chi connectivity index (χ1v) is 15.7. The second-order valence-electron chi connectivity index (χ2n) is 12.8. The number of aromatic amines is 2. The number of hydrogen-bond donors (Lipinski definition) is 5. The third-order valence-corrected chi connectivity index (χ3v) is 8.05. The van der Waals surface area contributed by atoms with Crippen molar-refractivity contribution in [2.45, 2.75) is 64.5 Å². The van der Waals surface area contributed by atoms with E-state index in [-0.39, 0.29) is 35.6 Å². The molecule has 13 nitrogen and oxygen atoms in total. The molecule has 5 N–H and O–H groups in total. The molecule has 0 aliphatic heterocycles. The quantitative estimate of drug-likeness (QED) is 0.171. The number of anilines is 1. The molecule has 0 spiro atoms. The fourth-order valence-corrected chi connectivity index (χ4v) is 5.54. The third-order valence-electron chi connectivity index (χ3n) is 8.05. The number of nitrogens with zero attached hydrogens (tertiary/aromatic N) is 3. The maximum absolute atomic E-state index is 13.6. The van der Waals surface area contributed by atoms with Crippen LogP contribution in [0.2, 0.25) is 0 Å². The van der Waals surface area contributed by atoms with Crippen molar-refractivity contribution >= 4 is 23.6 Å². The van der Waals surface area contributed by atoms with Gasteiger partial charge in [0.05, 0.1) is 0 Å². The summed E-state index contributed by atoms with van der Waals surface area (Å²) in [7, 11) is 0. The topological polar surface area (TPSA) is 184 Å². The van der Waals surface area contributed by atoms with Gasteiger partial charge in [-0.25, -0.2) is 4.79 Å². The Morgan fingerprint density at radius 2 is 1.60 bits per heavy atom. The van der Waals surface area contributed by atoms with Gasteiger partial charge in [-0.2, -0.15) is 5.21 Å². The minimum absolute atomic E-state index is 0.166. The molecule has 1 fully saturated rings. The number of rotatable bonds is 10. The van der Waals surface area contributed by atoms with Crippen LogP contribution in [0.15, 0.2) is 71.7 Å². The lowest BCUT2D eigenvalue weighted by Crippen LogP contribution is -2.48. The van der Waals surface area contributed by atoms with E-state index in [9.17, 15) is 19.2 Å². The molecule has 1 saturated carbocycles. The number of ether oxygens (including phenoxy) is 1. The largest absolute Gasteiger partial charge is 0.444 e. The second-order valence-corrected chi connectivity index (χ2v) is 12.8. The average Bonchev–Trinajstić information content (AvgIpc) is 3.59. The number of alkyl carbamates (subject to hydrolysis) is 1. The molecule has 1 aliphatic carbocycles. The lowest BCUT2D eigenvalue weighted by molar-refractivity contribution is -0.130. The van der Waals surface area contributed by atoms with Gasteiger partial charge in [0.2, 0.25) is 23.2 Å². The predicted octanol–water partition coefficient (Wildman–Crippen LogP) is 4.22. The summed E-state index contributed by atoms with van der Waals surface area (Å²) < 4.78 is 5.33. The Morgan fingerprint density at radius 1 is 0.915 bits per heavy atom. The molecule has 13 heteroatoms. The van der Waals surface area contributed by atoms with Crippen LogP contribution in [0.25, 0.3) is 22.5 Å². The Balaban J connectivity index is 1.23. The summed E-state index contributed by atoms with van der Waals surface area (Å²) in [6.45, 7) is 5.96. The molecule has 47 heavy (non-hydrogen) atoms. The Bertz CT molecular complexity index is 1680. The number of H-pyrrole nitrogens is 2. The number of benzene rings is 2. The zero-order valence-electron chi connectivity index (χ0n) is 26.7. The number of hydrogen-bond acceptors (Lipinski definition) is 8. The standard InChI is InChI=1S/C34H40N8O5/c1-34(2,3)47-33(46)36-19-22-6-10-25(11-7-22)31(44)38-28(18-21-4-8-23(9-5-21)26-14-17-29(43)35-20-26)32(45)37-27-15-12-24(13-16-27)30-39-41-42-40-30/h4-5,8-9,12-17,20,22,25,28H,6-7,10-11,18-19H2,1-3H3,(H,35,43)(H,36,46)(H,37,45)(H,38,44)(H,39,40,41,42). The highest BCUT2D eigenvalue weighted by atomic mass is 16.6. The van der Waals surface area contributed by atoms with Gasteiger partial charge in [0, 0.05) is 42.4 Å². The zero-order chi connectivity index (χ0) is 33.4. The van der Waals surface area contributed by atoms with Crippen molar-refractivity contribution in [3.8, 4) is 22.5 Å². The van der Waals surface area contributed by atoms with E-state index in [0.717, 1.165) is 35.1 Å². The molecule has 1 unspecified atom stereocenters. The lowest BCUT2D eigenvalue weighted by Gasteiger charge is -2.29. The van der Waals surface area contributed by atoms with Crippen LogP contribution in [0.1, 0.15) is 52.0 Å². The van der Waals surface area contributed by atoms with Gasteiger partial charge in [0.1, 0.15) is 11.6 Å². The highest BCUT2D eigenvalue weighted by Gasteiger charge is 2.30. The molecule has 3 amide bonds. The second kappa shape index (κ2) is 14.8. The van der Waals surface area contributed by atoms with Crippen LogP contribution >= 0.6 is 0 Å². The van der Waals surface area contributed by atoms with Crippen LogP contribution in [-0.4, -0.2) is 61.7 Å². The maximum Gasteiger partial charge on any atom is 0.407 e. The Morgan fingerprint density at radius 3 is 2.21 bits per heavy atom. The van der Waals surface area contributed by atoms with Gasteiger partial charge in [-0.05, 0) is 105 Å². The fourth-order valence-electron chi connectivity index (χ4n) is 5.54. The van der Waals surface area contributed by atoms with Crippen molar-refractivity contribution in [1.82, 2.24) is 36.2 Å². The number of tetrazole rings is 1. The van der Waals surface area contributed by atoms with Crippen molar-refractivity contribution < 1.29 is 19.1 Å². The summed E-state index contributed by atoms with van der Waals surface area (Å²) in [5.74, 6) is -0.0534. The number of nitrogens with one attached hydrogen (secondary N) is 5. The molecule has 246 valence electrons. The first kappa shape index (κ1) is 33.0. The summed E-state index contributed by atoms with van der Waals surface area (Å²) in [6, 6.07) is 17.1. The SMILES string of the molecule is CC(C)(C)OC(=O)NCC1CCC(C(=O)NC(Cc2ccc(-c3ccc(=O)[nH]c3)cc2)C(=O)Nc2ccc(-c3nn[nH]n3)cc2)CC1. The molecule has 0 radical (unpaired) electrons. The Hall–Kier alpha value is -5.33. The van der Waals surface area contributed by atoms with E-state index in [2.05, 4.69) is 41.6 Å². The van der Waals surface area contributed by atoms with Crippen LogP contribution in [0.4, 0.5) is 10.5 Å². The van der Waals surface area contributed by atoms with Crippen LogP contribution in [0.5, 0.6) is 0 Å². The minimum atomic E-state index is -0.829. The van der Waals surface area contributed by atoms with Crippen molar-refractivity contribution in [2.24, 2.45) is 11.8 Å². The van der Waals surface area contributed by atoms with Crippen molar-refractivity contribution in [3.63, 3.8) is 0 Å². The summed E-state index contributed by atoms with van der Waals surface area (Å²) in [5, 5.41) is 22.7. The summed E-state index contributed by atoms with van der Waals surface area (Å²) in [5.41, 5.74) is 3.20. The van der Waals surface area contributed by atoms with Gasteiger partial charge in [-0.15, -0.1) is 10.2 Å². The van der Waals surface area contributed by atoms with Crippen molar-refractivity contribution in [3.05, 3.63) is 82.8 Å². The lowest BCUT2D eigenvalue weighted by atomic mass is 9.81. The highest BCUT2D eigenvalue weighted by Crippen LogP contribution is 2.29. The summed E-state index contributed by atoms with van der Waals surface area (Å²) in [4.78, 5) is 53.3. The van der Waals surface area contributed by atoms with Gasteiger partial charge in [-0.1, -0.05) is 24.3 Å². The molecule has 0 saturated heterocycles. The number of aromatic nitrogens is 5. The van der Waals surface area contributed by atoms with E-state index in [1.807, 2.05) is 45.0 Å². The smallest absolute Gasteiger partial charge is 0.407 e. The van der Waals surface area contributed by atoms with Crippen LogP contribution in [0.3, 0.4) is 0 Å². The minimum Gasteiger partial charge on any atom is -0.444 e. The molecule has 4 aromatic rings. The maximum atomic E-state index is 13.6. The normalized spacial score (nSPS) is 16.9. The van der Waals surface area contributed by atoms with E-state index < -0.39 is 17.7 Å². The molecular formula is C34H40N8O5. The van der Waals surface area contributed by atoms with Gasteiger partial charge >= 0.3 is 6.09 Å². The zero-order valence-corrected chi connectivity index (χ0v) is 26.7. The Kier molecular flexibility index (Phi) is 10.4. The number of amides is 3. The molecule has 2 heterocycles. The van der Waals surface area contributed by atoms with Gasteiger partial charge in [-0.3, -0.25) is 14.4 Å². The average molecular weight is 641 g/mol. The van der Waals surface area contributed by atoms with Gasteiger partial charge in [0.25, 0.3) is 0 Å². The molecular weight excluding hydrogens is 600 g/mol. The molecule has 1 atom stereocenters. The Labute approximate surface area is 272 Å². The monoisotopic (exact) mass is 640 g/mol. The highest BCUT2D eigenvalue weighted by molar-refractivity contribution is 5.97. The van der Waals surface area contributed by atoms with Crippen LogP contribution < -0.4 is 21.5 Å². The first-order valence-electron chi connectivity index (χ1n) is 15.7. The molecule has 1 aliphatic rings. The van der Waals surface area contributed by atoms with Crippen molar-refractivity contribution in [1.29, 1.82) is 0 Å². The molecule has 0 bridgehead atoms. The van der Waals surface area contributed by atoms with E-state index in [0.29, 0.717) is 30.9 Å². The van der Waals surface area contributed by atoms with E-state index in [1.54, 1.807) is 36.5 Å². The first-order chi connectivity index (χ1) is 22.5. The van der Waals surface area contributed by atoms with Crippen molar-refractivity contribution in [2.75, 3.05) is 11.9 Å². The number of carbonyl (C=O) groups excluding carboxylic acids is 3.